The molecule has 3 aliphatic rings. The highest BCUT2D eigenvalue weighted by molar-refractivity contribution is 5.36. The molecule has 3 aliphatic carbocycles. The molecule has 0 aromatic rings. The van der Waals surface area contributed by atoms with Crippen LogP contribution < -0.4 is 0 Å². The Morgan fingerprint density at radius 1 is 1.21 bits per heavy atom. The largest absolute Gasteiger partial charge is 0.393 e. The van der Waals surface area contributed by atoms with Gasteiger partial charge in [-0.2, -0.15) is 0 Å². The second kappa shape index (κ2) is 9.10. The van der Waals surface area contributed by atoms with E-state index in [2.05, 4.69) is 46.4 Å². The van der Waals surface area contributed by atoms with Gasteiger partial charge in [-0.3, -0.25) is 0 Å². The number of aliphatic hydroxyl groups excluding tert-OH is 1. The van der Waals surface area contributed by atoms with E-state index in [0.717, 1.165) is 38.5 Å². The Hall–Kier alpha value is -0.860. The first-order valence-electron chi connectivity index (χ1n) is 12.1. The Balaban J connectivity index is 1.75. The molecule has 0 heterocycles. The standard InChI is InChI=1S/C27H44O2/c1-19(2)8-6-17-27(5,29)25-15-14-24-21(9-7-16-26(24,25)4)11-12-22-18-23(28)13-10-20(22)3/h11-12,19,23-25,28-29H,3,6-10,13-18H2,1-2,4-5H3/t23-,24-,25-,26-,27-/m0/s1. The summed E-state index contributed by atoms with van der Waals surface area (Å²) in [5.74, 6) is 1.70. The Morgan fingerprint density at radius 3 is 2.69 bits per heavy atom. The molecule has 3 rings (SSSR count). The zero-order chi connectivity index (χ0) is 21.2. The van der Waals surface area contributed by atoms with Gasteiger partial charge in [0.2, 0.25) is 0 Å². The van der Waals surface area contributed by atoms with Crippen molar-refractivity contribution in [2.24, 2.45) is 23.2 Å². The van der Waals surface area contributed by atoms with Crippen LogP contribution in [0.5, 0.6) is 0 Å². The van der Waals surface area contributed by atoms with Crippen LogP contribution in [0.3, 0.4) is 0 Å². The van der Waals surface area contributed by atoms with Gasteiger partial charge in [-0.25, -0.2) is 0 Å². The number of allylic oxidation sites excluding steroid dienone is 4. The van der Waals surface area contributed by atoms with Crippen LogP contribution in [0.2, 0.25) is 0 Å². The summed E-state index contributed by atoms with van der Waals surface area (Å²) in [4.78, 5) is 0. The Labute approximate surface area is 179 Å². The van der Waals surface area contributed by atoms with Crippen LogP contribution >= 0.6 is 0 Å². The van der Waals surface area contributed by atoms with Gasteiger partial charge in [0.1, 0.15) is 0 Å². The summed E-state index contributed by atoms with van der Waals surface area (Å²) in [5, 5.41) is 21.5. The van der Waals surface area contributed by atoms with E-state index in [-0.39, 0.29) is 11.5 Å². The van der Waals surface area contributed by atoms with Gasteiger partial charge in [0.25, 0.3) is 0 Å². The van der Waals surface area contributed by atoms with Crippen molar-refractivity contribution in [1.82, 2.24) is 0 Å². The summed E-state index contributed by atoms with van der Waals surface area (Å²) in [6.07, 6.45) is 16.2. The minimum absolute atomic E-state index is 0.210. The molecule has 0 bridgehead atoms. The van der Waals surface area contributed by atoms with Gasteiger partial charge in [0, 0.05) is 0 Å². The molecule has 2 heteroatoms. The van der Waals surface area contributed by atoms with E-state index in [0.29, 0.717) is 17.8 Å². The molecule has 29 heavy (non-hydrogen) atoms. The summed E-state index contributed by atoms with van der Waals surface area (Å²) >= 11 is 0. The van der Waals surface area contributed by atoms with E-state index in [9.17, 15) is 10.2 Å². The minimum Gasteiger partial charge on any atom is -0.393 e. The van der Waals surface area contributed by atoms with Gasteiger partial charge < -0.3 is 10.2 Å². The third kappa shape index (κ3) is 5.07. The maximum atomic E-state index is 11.4. The lowest BCUT2D eigenvalue weighted by Gasteiger charge is -2.47. The average Bonchev–Trinajstić information content (AvgIpc) is 3.00. The van der Waals surface area contributed by atoms with Crippen LogP contribution in [0.15, 0.2) is 35.5 Å². The SMILES string of the molecule is C=C1CC[C@H](O)CC1=CC=C1CCC[C@@]2(C)[C@H]1CC[C@@H]2[C@@](C)(O)CCCC(C)C. The third-order valence-electron chi connectivity index (χ3n) is 8.37. The van der Waals surface area contributed by atoms with Gasteiger partial charge >= 0.3 is 0 Å². The van der Waals surface area contributed by atoms with Crippen molar-refractivity contribution in [3.05, 3.63) is 35.5 Å². The van der Waals surface area contributed by atoms with Crippen molar-refractivity contribution in [3.8, 4) is 0 Å². The molecule has 0 unspecified atom stereocenters. The van der Waals surface area contributed by atoms with Crippen molar-refractivity contribution >= 4 is 0 Å². The molecule has 0 aromatic heterocycles. The molecular formula is C27H44O2. The van der Waals surface area contributed by atoms with Crippen molar-refractivity contribution in [2.45, 2.75) is 110 Å². The maximum absolute atomic E-state index is 11.4. The first kappa shape index (κ1) is 22.8. The van der Waals surface area contributed by atoms with E-state index < -0.39 is 5.60 Å². The molecular weight excluding hydrogens is 356 g/mol. The van der Waals surface area contributed by atoms with Crippen LogP contribution in [-0.4, -0.2) is 21.9 Å². The van der Waals surface area contributed by atoms with E-state index in [4.69, 9.17) is 0 Å². The monoisotopic (exact) mass is 400 g/mol. The van der Waals surface area contributed by atoms with Gasteiger partial charge in [-0.1, -0.05) is 63.5 Å². The molecule has 0 radical (unpaired) electrons. The summed E-state index contributed by atoms with van der Waals surface area (Å²) in [6.45, 7) is 13.3. The molecule has 0 saturated heterocycles. The fourth-order valence-electron chi connectivity index (χ4n) is 6.70. The first-order valence-corrected chi connectivity index (χ1v) is 12.1. The first-order chi connectivity index (χ1) is 13.6. The van der Waals surface area contributed by atoms with Gasteiger partial charge in [-0.15, -0.1) is 0 Å². The highest BCUT2D eigenvalue weighted by Gasteiger charge is 2.54. The fourth-order valence-corrected chi connectivity index (χ4v) is 6.70. The smallest absolute Gasteiger partial charge is 0.0653 e. The lowest BCUT2D eigenvalue weighted by Crippen LogP contribution is -2.45. The lowest BCUT2D eigenvalue weighted by molar-refractivity contribution is -0.0657. The van der Waals surface area contributed by atoms with Gasteiger partial charge in [0.05, 0.1) is 11.7 Å². The van der Waals surface area contributed by atoms with Crippen molar-refractivity contribution in [2.75, 3.05) is 0 Å². The zero-order valence-electron chi connectivity index (χ0n) is 19.3. The molecule has 0 aliphatic heterocycles. The molecule has 0 aromatic carbocycles. The lowest BCUT2D eigenvalue weighted by atomic mass is 9.59. The van der Waals surface area contributed by atoms with E-state index in [1.165, 1.54) is 43.3 Å². The van der Waals surface area contributed by atoms with E-state index in [1.54, 1.807) is 5.57 Å². The topological polar surface area (TPSA) is 40.5 Å². The van der Waals surface area contributed by atoms with Crippen LogP contribution in [-0.2, 0) is 0 Å². The summed E-state index contributed by atoms with van der Waals surface area (Å²) in [6, 6.07) is 0. The fraction of sp³-hybridized carbons (Fsp3) is 0.778. The molecule has 2 nitrogen and oxygen atoms in total. The molecule has 2 N–H and O–H groups in total. The molecule has 0 spiro atoms. The number of hydrogen-bond donors (Lipinski definition) is 2. The number of fused-ring (bicyclic) bond motifs is 1. The summed E-state index contributed by atoms with van der Waals surface area (Å²) in [7, 11) is 0. The van der Waals surface area contributed by atoms with Crippen LogP contribution in [0.25, 0.3) is 0 Å². The number of aliphatic hydroxyl groups is 2. The van der Waals surface area contributed by atoms with Gasteiger partial charge in [0.15, 0.2) is 0 Å². The van der Waals surface area contributed by atoms with E-state index >= 15 is 0 Å². The summed E-state index contributed by atoms with van der Waals surface area (Å²) < 4.78 is 0. The normalized spacial score (nSPS) is 37.9. The van der Waals surface area contributed by atoms with Crippen molar-refractivity contribution in [1.29, 1.82) is 0 Å². The van der Waals surface area contributed by atoms with Crippen LogP contribution in [0, 0.1) is 23.2 Å². The Morgan fingerprint density at radius 2 is 1.97 bits per heavy atom. The predicted molar refractivity (Wildman–Crippen MR) is 123 cm³/mol. The highest BCUT2D eigenvalue weighted by Crippen LogP contribution is 2.60. The third-order valence-corrected chi connectivity index (χ3v) is 8.37. The highest BCUT2D eigenvalue weighted by atomic mass is 16.3. The molecule has 3 saturated carbocycles. The zero-order valence-corrected chi connectivity index (χ0v) is 19.3. The Bertz CT molecular complexity index is 653. The van der Waals surface area contributed by atoms with Crippen molar-refractivity contribution < 1.29 is 10.2 Å². The molecule has 164 valence electrons. The number of rotatable bonds is 6. The van der Waals surface area contributed by atoms with Gasteiger partial charge in [-0.05, 0) is 93.5 Å². The second-order valence-corrected chi connectivity index (χ2v) is 11.1. The maximum Gasteiger partial charge on any atom is 0.0653 e. The van der Waals surface area contributed by atoms with E-state index in [1.807, 2.05) is 0 Å². The van der Waals surface area contributed by atoms with Crippen LogP contribution in [0.4, 0.5) is 0 Å². The Kier molecular flexibility index (Phi) is 7.16. The molecule has 5 atom stereocenters. The second-order valence-electron chi connectivity index (χ2n) is 11.1. The number of hydrogen-bond acceptors (Lipinski definition) is 2. The average molecular weight is 401 g/mol. The molecule has 3 fully saturated rings. The van der Waals surface area contributed by atoms with Crippen LogP contribution in [0.1, 0.15) is 98.3 Å². The minimum atomic E-state index is -0.554. The quantitative estimate of drug-likeness (QED) is 0.518. The summed E-state index contributed by atoms with van der Waals surface area (Å²) in [5.41, 5.74) is 3.66. The van der Waals surface area contributed by atoms with Crippen molar-refractivity contribution in [3.63, 3.8) is 0 Å². The predicted octanol–water partition coefficient (Wildman–Crippen LogP) is 6.73. The molecule has 0 amide bonds.